The molecular weight excluding hydrogens is 226 g/mol. The Bertz CT molecular complexity index is 474. The molecule has 2 heterocycles. The predicted octanol–water partition coefficient (Wildman–Crippen LogP) is 0.853. The van der Waals surface area contributed by atoms with Crippen LogP contribution < -0.4 is 4.74 Å². The maximum Gasteiger partial charge on any atom is 0.306 e. The van der Waals surface area contributed by atoms with E-state index in [1.165, 1.54) is 11.3 Å². The van der Waals surface area contributed by atoms with Crippen LogP contribution in [0.5, 0.6) is 5.06 Å². The maximum atomic E-state index is 10.9. The van der Waals surface area contributed by atoms with Crippen LogP contribution in [0.1, 0.15) is 5.69 Å². The summed E-state index contributed by atoms with van der Waals surface area (Å²) in [5.74, 6) is 0.245. The highest BCUT2D eigenvalue weighted by Gasteiger charge is 2.21. The van der Waals surface area contributed by atoms with Crippen molar-refractivity contribution in [2.75, 3.05) is 12.9 Å². The van der Waals surface area contributed by atoms with Crippen LogP contribution in [-0.2, 0) is 14.3 Å². The number of thiazole rings is 1. The van der Waals surface area contributed by atoms with Crippen LogP contribution in [0.25, 0.3) is 5.76 Å². The van der Waals surface area contributed by atoms with Gasteiger partial charge in [0.1, 0.15) is 6.61 Å². The number of rotatable bonds is 2. The Morgan fingerprint density at radius 2 is 2.43 bits per heavy atom. The van der Waals surface area contributed by atoms with Crippen molar-refractivity contribution in [3.63, 3.8) is 0 Å². The van der Waals surface area contributed by atoms with Crippen LogP contribution in [0.2, 0.25) is 0 Å². The van der Waals surface area contributed by atoms with E-state index in [0.29, 0.717) is 17.4 Å². The van der Waals surface area contributed by atoms with Gasteiger partial charge in [0.05, 0.1) is 11.8 Å². The highest BCUT2D eigenvalue weighted by Crippen LogP contribution is 2.33. The van der Waals surface area contributed by atoms with E-state index in [9.17, 15) is 8.42 Å². The lowest BCUT2D eigenvalue weighted by molar-refractivity contribution is 0.356. The largest absolute Gasteiger partial charge is 0.478 e. The van der Waals surface area contributed by atoms with Crippen LogP contribution in [0.4, 0.5) is 0 Å². The van der Waals surface area contributed by atoms with Crippen LogP contribution in [-0.4, -0.2) is 26.3 Å². The van der Waals surface area contributed by atoms with Gasteiger partial charge in [0, 0.05) is 0 Å². The van der Waals surface area contributed by atoms with Gasteiger partial charge in [-0.2, -0.15) is 8.42 Å². The molecule has 0 unspecified atom stereocenters. The highest BCUT2D eigenvalue weighted by molar-refractivity contribution is 7.86. The molecule has 1 aliphatic rings. The van der Waals surface area contributed by atoms with E-state index in [2.05, 4.69) is 4.98 Å². The van der Waals surface area contributed by atoms with Gasteiger partial charge in [-0.25, -0.2) is 4.98 Å². The van der Waals surface area contributed by atoms with Gasteiger partial charge in [0.25, 0.3) is 0 Å². The van der Waals surface area contributed by atoms with Gasteiger partial charge in [0.2, 0.25) is 5.06 Å². The average molecular weight is 233 g/mol. The summed E-state index contributed by atoms with van der Waals surface area (Å²) in [5.41, 5.74) is 2.03. The van der Waals surface area contributed by atoms with Crippen LogP contribution in [0, 0.1) is 0 Å². The van der Waals surface area contributed by atoms with Gasteiger partial charge in [-0.05, 0) is 6.08 Å². The molecule has 0 aliphatic carbocycles. The number of hydrogen-bond acceptors (Lipinski definition) is 6. The Morgan fingerprint density at radius 3 is 3.14 bits per heavy atom. The average Bonchev–Trinajstić information content (AvgIpc) is 2.49. The molecule has 0 radical (unpaired) electrons. The zero-order chi connectivity index (χ0) is 10.2. The third-order valence-corrected chi connectivity index (χ3v) is 2.71. The lowest BCUT2D eigenvalue weighted by Gasteiger charge is -2.12. The number of aromatic nitrogens is 1. The first kappa shape index (κ1) is 9.47. The monoisotopic (exact) mass is 233 g/mol. The van der Waals surface area contributed by atoms with Crippen molar-refractivity contribution in [1.82, 2.24) is 4.98 Å². The summed E-state index contributed by atoms with van der Waals surface area (Å²) in [4.78, 5) is 3.96. The van der Waals surface area contributed by atoms with Crippen molar-refractivity contribution in [1.29, 1.82) is 0 Å². The van der Waals surface area contributed by atoms with Crippen LogP contribution in [0.15, 0.2) is 11.6 Å². The zero-order valence-corrected chi connectivity index (χ0v) is 8.89. The molecule has 7 heteroatoms. The maximum absolute atomic E-state index is 10.9. The van der Waals surface area contributed by atoms with Gasteiger partial charge < -0.3 is 8.92 Å². The summed E-state index contributed by atoms with van der Waals surface area (Å²) in [6.45, 7) is 0.306. The minimum absolute atomic E-state index is 0.245. The fourth-order valence-corrected chi connectivity index (χ4v) is 2.16. The molecule has 0 N–H and O–H groups in total. The summed E-state index contributed by atoms with van der Waals surface area (Å²) in [5, 5.41) is 0.589. The SMILES string of the molecule is CS(=O)(=O)OC1=CCOc2scnc21. The molecule has 0 bridgehead atoms. The molecule has 0 amide bonds. The topological polar surface area (TPSA) is 65.5 Å². The number of hydrogen-bond donors (Lipinski definition) is 0. The summed E-state index contributed by atoms with van der Waals surface area (Å²) in [6.07, 6.45) is 2.54. The Labute approximate surface area is 85.1 Å². The first-order valence-electron chi connectivity index (χ1n) is 3.72. The fraction of sp³-hybridized carbons (Fsp3) is 0.286. The normalized spacial score (nSPS) is 15.4. The van der Waals surface area contributed by atoms with E-state index in [4.69, 9.17) is 8.92 Å². The van der Waals surface area contributed by atoms with E-state index in [-0.39, 0.29) is 5.76 Å². The molecule has 2 rings (SSSR count). The van der Waals surface area contributed by atoms with Gasteiger partial charge in [0.15, 0.2) is 11.5 Å². The molecule has 0 saturated heterocycles. The predicted molar refractivity (Wildman–Crippen MR) is 51.5 cm³/mol. The van der Waals surface area contributed by atoms with Gasteiger partial charge in [-0.1, -0.05) is 11.3 Å². The quantitative estimate of drug-likeness (QED) is 0.708. The Morgan fingerprint density at radius 1 is 1.64 bits per heavy atom. The summed E-state index contributed by atoms with van der Waals surface area (Å²) in [7, 11) is -3.50. The standard InChI is InChI=1S/C7H7NO4S2/c1-14(9,10)12-5-2-3-11-7-6(5)8-4-13-7/h2,4H,3H2,1H3. The molecule has 1 aromatic heterocycles. The number of fused-ring (bicyclic) bond motifs is 1. The van der Waals surface area contributed by atoms with Crippen molar-refractivity contribution >= 4 is 27.2 Å². The Hall–Kier alpha value is -1.08. The van der Waals surface area contributed by atoms with Crippen molar-refractivity contribution in [2.45, 2.75) is 0 Å². The fourth-order valence-electron chi connectivity index (χ4n) is 1.03. The highest BCUT2D eigenvalue weighted by atomic mass is 32.2. The molecule has 76 valence electrons. The number of nitrogens with zero attached hydrogens (tertiary/aromatic N) is 1. The summed E-state index contributed by atoms with van der Waals surface area (Å²) in [6, 6.07) is 0. The van der Waals surface area contributed by atoms with E-state index in [1.54, 1.807) is 11.6 Å². The first-order chi connectivity index (χ1) is 6.56. The smallest absolute Gasteiger partial charge is 0.306 e. The van der Waals surface area contributed by atoms with Gasteiger partial charge >= 0.3 is 10.1 Å². The second kappa shape index (κ2) is 3.25. The lowest BCUT2D eigenvalue weighted by atomic mass is 10.3. The Balaban J connectivity index is 2.34. The molecule has 14 heavy (non-hydrogen) atoms. The third kappa shape index (κ3) is 1.88. The second-order valence-corrected chi connectivity index (χ2v) is 5.05. The molecule has 0 saturated carbocycles. The van der Waals surface area contributed by atoms with Gasteiger partial charge in [-0.15, -0.1) is 0 Å². The minimum atomic E-state index is -3.50. The molecule has 0 aromatic carbocycles. The van der Waals surface area contributed by atoms with Crippen LogP contribution in [0.3, 0.4) is 0 Å². The zero-order valence-electron chi connectivity index (χ0n) is 7.26. The molecule has 1 aliphatic heterocycles. The van der Waals surface area contributed by atoms with Crippen molar-refractivity contribution in [3.8, 4) is 5.06 Å². The summed E-state index contributed by atoms with van der Waals surface area (Å²) < 4.78 is 31.8. The molecule has 5 nitrogen and oxygen atoms in total. The molecule has 0 atom stereocenters. The minimum Gasteiger partial charge on any atom is -0.478 e. The van der Waals surface area contributed by atoms with Crippen LogP contribution >= 0.6 is 11.3 Å². The molecule has 0 fully saturated rings. The van der Waals surface area contributed by atoms with Crippen molar-refractivity contribution in [3.05, 3.63) is 17.3 Å². The van der Waals surface area contributed by atoms with E-state index in [1.807, 2.05) is 0 Å². The number of ether oxygens (including phenoxy) is 1. The Kier molecular flexibility index (Phi) is 2.20. The third-order valence-electron chi connectivity index (χ3n) is 1.49. The van der Waals surface area contributed by atoms with E-state index >= 15 is 0 Å². The summed E-state index contributed by atoms with van der Waals surface area (Å²) >= 11 is 1.31. The second-order valence-electron chi connectivity index (χ2n) is 2.66. The molecule has 0 spiro atoms. The van der Waals surface area contributed by atoms with Gasteiger partial charge in [-0.3, -0.25) is 0 Å². The first-order valence-corrected chi connectivity index (χ1v) is 6.42. The van der Waals surface area contributed by atoms with E-state index in [0.717, 1.165) is 6.26 Å². The lowest BCUT2D eigenvalue weighted by Crippen LogP contribution is -2.08. The van der Waals surface area contributed by atoms with Crippen molar-refractivity contribution in [2.24, 2.45) is 0 Å². The molecule has 1 aromatic rings. The van der Waals surface area contributed by atoms with E-state index < -0.39 is 10.1 Å². The van der Waals surface area contributed by atoms with Crippen molar-refractivity contribution < 1.29 is 17.3 Å². The molecular formula is C7H7NO4S2.